The number of benzene rings is 1. The second-order valence-electron chi connectivity index (χ2n) is 3.55. The summed E-state index contributed by atoms with van der Waals surface area (Å²) in [7, 11) is 0. The highest BCUT2D eigenvalue weighted by molar-refractivity contribution is 5.94. The van der Waals surface area contributed by atoms with E-state index in [9.17, 15) is 4.79 Å². The summed E-state index contributed by atoms with van der Waals surface area (Å²) in [4.78, 5) is 14.5. The van der Waals surface area contributed by atoms with Crippen LogP contribution < -0.4 is 5.32 Å². The second-order valence-corrected chi connectivity index (χ2v) is 3.55. The standard InChI is InChI=1S/C13H14N2O/c16-13(12-7-4-9-15-12)8-10-14-11-5-2-1-3-6-11/h1-7,9,14-15H,8,10H2. The van der Waals surface area contributed by atoms with E-state index in [0.717, 1.165) is 5.69 Å². The summed E-state index contributed by atoms with van der Waals surface area (Å²) >= 11 is 0. The van der Waals surface area contributed by atoms with Crippen molar-refractivity contribution in [3.05, 3.63) is 54.4 Å². The van der Waals surface area contributed by atoms with Crippen LogP contribution in [0.4, 0.5) is 5.69 Å². The number of anilines is 1. The lowest BCUT2D eigenvalue weighted by atomic mass is 10.2. The Labute approximate surface area is 94.5 Å². The van der Waals surface area contributed by atoms with Crippen molar-refractivity contribution >= 4 is 11.5 Å². The van der Waals surface area contributed by atoms with E-state index in [2.05, 4.69) is 10.3 Å². The van der Waals surface area contributed by atoms with Gasteiger partial charge in [-0.3, -0.25) is 4.79 Å². The number of carbonyl (C=O) groups excluding carboxylic acids is 1. The van der Waals surface area contributed by atoms with E-state index in [4.69, 9.17) is 0 Å². The molecule has 0 bridgehead atoms. The van der Waals surface area contributed by atoms with Gasteiger partial charge < -0.3 is 10.3 Å². The maximum atomic E-state index is 11.6. The van der Waals surface area contributed by atoms with Crippen molar-refractivity contribution in [2.45, 2.75) is 6.42 Å². The molecule has 3 nitrogen and oxygen atoms in total. The fourth-order valence-electron chi connectivity index (χ4n) is 1.51. The number of H-pyrrole nitrogens is 1. The van der Waals surface area contributed by atoms with Crippen LogP contribution in [0.25, 0.3) is 0 Å². The molecule has 0 spiro atoms. The lowest BCUT2D eigenvalue weighted by molar-refractivity contribution is 0.0982. The number of ketones is 1. The van der Waals surface area contributed by atoms with E-state index < -0.39 is 0 Å². The molecule has 0 radical (unpaired) electrons. The summed E-state index contributed by atoms with van der Waals surface area (Å²) in [5, 5.41) is 3.20. The van der Waals surface area contributed by atoms with Gasteiger partial charge in [-0.05, 0) is 24.3 Å². The SMILES string of the molecule is O=C(CCNc1ccccc1)c1ccc[nH]1. The van der Waals surface area contributed by atoms with Gasteiger partial charge in [0.15, 0.2) is 5.78 Å². The van der Waals surface area contributed by atoms with Crippen LogP contribution in [0.1, 0.15) is 16.9 Å². The molecule has 0 saturated heterocycles. The molecular weight excluding hydrogens is 200 g/mol. The fraction of sp³-hybridized carbons (Fsp3) is 0.154. The molecule has 1 aromatic heterocycles. The van der Waals surface area contributed by atoms with E-state index in [1.54, 1.807) is 12.3 Å². The van der Waals surface area contributed by atoms with Crippen molar-refractivity contribution in [3.8, 4) is 0 Å². The highest BCUT2D eigenvalue weighted by atomic mass is 16.1. The molecule has 0 aliphatic carbocycles. The zero-order valence-corrected chi connectivity index (χ0v) is 8.94. The van der Waals surface area contributed by atoms with Crippen molar-refractivity contribution in [1.82, 2.24) is 4.98 Å². The normalized spacial score (nSPS) is 10.0. The van der Waals surface area contributed by atoms with Crippen LogP contribution in [0.5, 0.6) is 0 Å². The van der Waals surface area contributed by atoms with Crippen molar-refractivity contribution in [2.24, 2.45) is 0 Å². The molecule has 3 heteroatoms. The number of rotatable bonds is 5. The average Bonchev–Trinajstić information content (AvgIpc) is 2.84. The molecule has 0 amide bonds. The van der Waals surface area contributed by atoms with Gasteiger partial charge in [-0.2, -0.15) is 0 Å². The monoisotopic (exact) mass is 214 g/mol. The Kier molecular flexibility index (Phi) is 3.38. The third kappa shape index (κ3) is 2.73. The van der Waals surface area contributed by atoms with Crippen molar-refractivity contribution in [2.75, 3.05) is 11.9 Å². The lowest BCUT2D eigenvalue weighted by Crippen LogP contribution is -2.08. The summed E-state index contributed by atoms with van der Waals surface area (Å²) in [6, 6.07) is 13.5. The Morgan fingerprint density at radius 1 is 1.12 bits per heavy atom. The first-order valence-electron chi connectivity index (χ1n) is 5.32. The molecule has 16 heavy (non-hydrogen) atoms. The van der Waals surface area contributed by atoms with Crippen LogP contribution in [0, 0.1) is 0 Å². The van der Waals surface area contributed by atoms with Gasteiger partial charge in [-0.25, -0.2) is 0 Å². The summed E-state index contributed by atoms with van der Waals surface area (Å²) in [5.74, 6) is 0.133. The van der Waals surface area contributed by atoms with Gasteiger partial charge in [0.25, 0.3) is 0 Å². The largest absolute Gasteiger partial charge is 0.385 e. The van der Waals surface area contributed by atoms with Crippen LogP contribution in [0.15, 0.2) is 48.7 Å². The Morgan fingerprint density at radius 3 is 2.62 bits per heavy atom. The van der Waals surface area contributed by atoms with Crippen LogP contribution >= 0.6 is 0 Å². The minimum absolute atomic E-state index is 0.133. The third-order valence-electron chi connectivity index (χ3n) is 2.35. The smallest absolute Gasteiger partial charge is 0.180 e. The number of aromatic amines is 1. The lowest BCUT2D eigenvalue weighted by Gasteiger charge is -2.04. The number of nitrogens with one attached hydrogen (secondary N) is 2. The van der Waals surface area contributed by atoms with Gasteiger partial charge in [0, 0.05) is 24.8 Å². The number of Topliss-reactive ketones (excluding diaryl/α,β-unsaturated/α-hetero) is 1. The molecule has 0 aliphatic rings. The summed E-state index contributed by atoms with van der Waals surface area (Å²) < 4.78 is 0. The quantitative estimate of drug-likeness (QED) is 0.751. The van der Waals surface area contributed by atoms with Crippen LogP contribution in [0.3, 0.4) is 0 Å². The van der Waals surface area contributed by atoms with E-state index in [0.29, 0.717) is 18.7 Å². The first-order chi connectivity index (χ1) is 7.86. The summed E-state index contributed by atoms with van der Waals surface area (Å²) in [6.45, 7) is 0.655. The highest BCUT2D eigenvalue weighted by Gasteiger charge is 2.04. The number of para-hydroxylation sites is 1. The van der Waals surface area contributed by atoms with Crippen molar-refractivity contribution in [1.29, 1.82) is 0 Å². The second kappa shape index (κ2) is 5.16. The Bertz CT molecular complexity index is 434. The highest BCUT2D eigenvalue weighted by Crippen LogP contribution is 2.06. The Hall–Kier alpha value is -2.03. The van der Waals surface area contributed by atoms with Gasteiger partial charge in [-0.15, -0.1) is 0 Å². The predicted octanol–water partition coefficient (Wildman–Crippen LogP) is 2.70. The van der Waals surface area contributed by atoms with Gasteiger partial charge in [0.2, 0.25) is 0 Å². The molecule has 0 atom stereocenters. The summed E-state index contributed by atoms with van der Waals surface area (Å²) in [6.07, 6.45) is 2.26. The Morgan fingerprint density at radius 2 is 1.94 bits per heavy atom. The minimum atomic E-state index is 0.133. The van der Waals surface area contributed by atoms with Crippen LogP contribution in [-0.4, -0.2) is 17.3 Å². The maximum Gasteiger partial charge on any atom is 0.180 e. The van der Waals surface area contributed by atoms with Gasteiger partial charge in [-0.1, -0.05) is 18.2 Å². The van der Waals surface area contributed by atoms with E-state index in [1.807, 2.05) is 36.4 Å². The molecule has 2 N–H and O–H groups in total. The van der Waals surface area contributed by atoms with Crippen LogP contribution in [-0.2, 0) is 0 Å². The molecular formula is C13H14N2O. The number of hydrogen-bond donors (Lipinski definition) is 2. The zero-order chi connectivity index (χ0) is 11.2. The van der Waals surface area contributed by atoms with Gasteiger partial charge >= 0.3 is 0 Å². The molecule has 82 valence electrons. The molecule has 0 unspecified atom stereocenters. The predicted molar refractivity (Wildman–Crippen MR) is 64.7 cm³/mol. The molecule has 1 aromatic carbocycles. The topological polar surface area (TPSA) is 44.9 Å². The first kappa shape index (κ1) is 10.5. The van der Waals surface area contributed by atoms with Crippen molar-refractivity contribution < 1.29 is 4.79 Å². The minimum Gasteiger partial charge on any atom is -0.385 e. The summed E-state index contributed by atoms with van der Waals surface area (Å²) in [5.41, 5.74) is 1.72. The third-order valence-corrected chi connectivity index (χ3v) is 2.35. The first-order valence-corrected chi connectivity index (χ1v) is 5.32. The van der Waals surface area contributed by atoms with Gasteiger partial charge in [0.1, 0.15) is 0 Å². The van der Waals surface area contributed by atoms with E-state index in [1.165, 1.54) is 0 Å². The van der Waals surface area contributed by atoms with Gasteiger partial charge in [0.05, 0.1) is 5.69 Å². The molecule has 0 saturated carbocycles. The molecule has 1 heterocycles. The van der Waals surface area contributed by atoms with Crippen LogP contribution in [0.2, 0.25) is 0 Å². The van der Waals surface area contributed by atoms with E-state index >= 15 is 0 Å². The van der Waals surface area contributed by atoms with E-state index in [-0.39, 0.29) is 5.78 Å². The fourth-order valence-corrected chi connectivity index (χ4v) is 1.51. The molecule has 2 aromatic rings. The number of aromatic nitrogens is 1. The average molecular weight is 214 g/mol. The molecule has 2 rings (SSSR count). The number of carbonyl (C=O) groups is 1. The zero-order valence-electron chi connectivity index (χ0n) is 8.94. The number of hydrogen-bond acceptors (Lipinski definition) is 2. The molecule has 0 fully saturated rings. The van der Waals surface area contributed by atoms with Crippen molar-refractivity contribution in [3.63, 3.8) is 0 Å². The molecule has 0 aliphatic heterocycles. The maximum absolute atomic E-state index is 11.6. The Balaban J connectivity index is 1.79.